The quantitative estimate of drug-likeness (QED) is 0.540. The molecule has 4 aromatic rings. The van der Waals surface area contributed by atoms with E-state index in [1.165, 1.54) is 4.68 Å². The summed E-state index contributed by atoms with van der Waals surface area (Å²) in [4.78, 5) is 12.8. The molecule has 5 heteroatoms. The van der Waals surface area contributed by atoms with Crippen molar-refractivity contribution in [3.8, 4) is 5.69 Å². The smallest absolute Gasteiger partial charge is 0.234 e. The zero-order valence-corrected chi connectivity index (χ0v) is 12.6. The van der Waals surface area contributed by atoms with E-state index in [-0.39, 0.29) is 5.56 Å². The molecule has 0 aliphatic carbocycles. The Hall–Kier alpha value is -2.59. The first kappa shape index (κ1) is 13.1. The maximum absolute atomic E-state index is 12.8. The number of pyridine rings is 1. The van der Waals surface area contributed by atoms with Crippen molar-refractivity contribution in [1.29, 1.82) is 0 Å². The minimum Gasteiger partial charge on any atom is -0.234 e. The molecule has 1 N–H and O–H groups in total. The Labute approximate surface area is 131 Å². The molecule has 0 unspecified atom stereocenters. The molecule has 0 aliphatic rings. The maximum Gasteiger partial charge on any atom is 0.406 e. The van der Waals surface area contributed by atoms with Crippen LogP contribution in [0.3, 0.4) is 0 Å². The molecular formula is C17H13ClN3O+. The third-order valence-corrected chi connectivity index (χ3v) is 4.09. The van der Waals surface area contributed by atoms with Gasteiger partial charge in [0.25, 0.3) is 0 Å². The second kappa shape index (κ2) is 4.71. The Balaban J connectivity index is 2.12. The van der Waals surface area contributed by atoms with Crippen molar-refractivity contribution in [2.45, 2.75) is 6.92 Å². The van der Waals surface area contributed by atoms with E-state index in [1.807, 2.05) is 53.9 Å². The van der Waals surface area contributed by atoms with Gasteiger partial charge in [-0.3, -0.25) is 0 Å². The van der Waals surface area contributed by atoms with Gasteiger partial charge in [0.1, 0.15) is 0 Å². The number of nitrogens with zero attached hydrogens (tertiary/aromatic N) is 2. The van der Waals surface area contributed by atoms with Gasteiger partial charge in [0.15, 0.2) is 11.2 Å². The normalized spacial score (nSPS) is 11.4. The number of benzene rings is 2. The van der Waals surface area contributed by atoms with Crippen molar-refractivity contribution in [2.24, 2.45) is 0 Å². The van der Waals surface area contributed by atoms with E-state index >= 15 is 0 Å². The lowest BCUT2D eigenvalue weighted by Crippen LogP contribution is -2.26. The number of aryl methyl sites for hydroxylation is 1. The van der Waals surface area contributed by atoms with E-state index in [0.717, 1.165) is 22.2 Å². The second-order valence-electron chi connectivity index (χ2n) is 5.29. The van der Waals surface area contributed by atoms with Gasteiger partial charge in [-0.1, -0.05) is 39.7 Å². The molecule has 0 amide bonds. The highest BCUT2D eigenvalue weighted by atomic mass is 35.5. The summed E-state index contributed by atoms with van der Waals surface area (Å²) >= 11 is 5.92. The van der Waals surface area contributed by atoms with E-state index < -0.39 is 0 Å². The average molecular weight is 311 g/mol. The predicted octanol–water partition coefficient (Wildman–Crippen LogP) is 3.02. The largest absolute Gasteiger partial charge is 0.406 e. The van der Waals surface area contributed by atoms with Crippen molar-refractivity contribution >= 4 is 28.0 Å². The molecule has 4 rings (SSSR count). The van der Waals surface area contributed by atoms with Crippen LogP contribution >= 0.6 is 11.6 Å². The standard InChI is InChI=1S/C17H12ClN3O/c1-11-10-12-4-2-3-5-15(12)21-16(11)17(22)20(19-21)14-8-6-13(18)7-9-14/h2-10H,1H3/p+1. The monoisotopic (exact) mass is 310 g/mol. The van der Waals surface area contributed by atoms with E-state index in [9.17, 15) is 4.79 Å². The van der Waals surface area contributed by atoms with Crippen molar-refractivity contribution in [1.82, 2.24) is 9.90 Å². The molecule has 108 valence electrons. The summed E-state index contributed by atoms with van der Waals surface area (Å²) in [6.45, 7) is 1.95. The molecule has 0 saturated heterocycles. The van der Waals surface area contributed by atoms with Crippen molar-refractivity contribution in [3.63, 3.8) is 0 Å². The van der Waals surface area contributed by atoms with Crippen LogP contribution < -0.4 is 10.1 Å². The van der Waals surface area contributed by atoms with Gasteiger partial charge >= 0.3 is 5.56 Å². The van der Waals surface area contributed by atoms with E-state index in [4.69, 9.17) is 11.6 Å². The summed E-state index contributed by atoms with van der Waals surface area (Å²) in [5.41, 5.74) is 3.22. The first-order valence-corrected chi connectivity index (χ1v) is 7.34. The Morgan fingerprint density at radius 2 is 1.82 bits per heavy atom. The Kier molecular flexibility index (Phi) is 2.81. The molecule has 4 nitrogen and oxygen atoms in total. The summed E-state index contributed by atoms with van der Waals surface area (Å²) in [7, 11) is 0. The van der Waals surface area contributed by atoms with Crippen molar-refractivity contribution < 1.29 is 4.52 Å². The summed E-state index contributed by atoms with van der Waals surface area (Å²) in [5.74, 6) is 0. The second-order valence-corrected chi connectivity index (χ2v) is 5.72. The van der Waals surface area contributed by atoms with Crippen LogP contribution in [0.5, 0.6) is 0 Å². The number of fused-ring (bicyclic) bond motifs is 3. The number of para-hydroxylation sites is 1. The van der Waals surface area contributed by atoms with Crippen LogP contribution in [-0.2, 0) is 0 Å². The Morgan fingerprint density at radius 1 is 1.09 bits per heavy atom. The lowest BCUT2D eigenvalue weighted by Gasteiger charge is -1.97. The molecule has 2 heterocycles. The highest BCUT2D eigenvalue weighted by molar-refractivity contribution is 6.30. The summed E-state index contributed by atoms with van der Waals surface area (Å²) in [5, 5.41) is 4.89. The SMILES string of the molecule is Cc1cc2ccccc2[n+]2[nH]n(-c3ccc(Cl)cc3)c(=O)c12. The lowest BCUT2D eigenvalue weighted by atomic mass is 10.1. The van der Waals surface area contributed by atoms with Crippen LogP contribution in [0.15, 0.2) is 59.4 Å². The topological polar surface area (TPSA) is 41.9 Å². The third kappa shape index (κ3) is 1.84. The predicted molar refractivity (Wildman–Crippen MR) is 86.8 cm³/mol. The van der Waals surface area contributed by atoms with Crippen LogP contribution in [0.25, 0.3) is 22.1 Å². The molecule has 0 fully saturated rings. The van der Waals surface area contributed by atoms with Gasteiger partial charge in [0.05, 0.1) is 0 Å². The first-order chi connectivity index (χ1) is 10.6. The zero-order valence-electron chi connectivity index (χ0n) is 11.9. The number of aromatic nitrogens is 3. The van der Waals surface area contributed by atoms with Gasteiger partial charge in [-0.05, 0) is 43.3 Å². The van der Waals surface area contributed by atoms with Crippen LogP contribution in [0.2, 0.25) is 5.02 Å². The molecule has 0 aliphatic heterocycles. The fourth-order valence-electron chi connectivity index (χ4n) is 2.80. The number of hydrogen-bond donors (Lipinski definition) is 1. The fraction of sp³-hybridized carbons (Fsp3) is 0.0588. The molecule has 0 radical (unpaired) electrons. The molecule has 2 aromatic carbocycles. The minimum atomic E-state index is -0.0782. The third-order valence-electron chi connectivity index (χ3n) is 3.84. The number of aromatic amines is 1. The van der Waals surface area contributed by atoms with Gasteiger partial charge in [0.2, 0.25) is 5.52 Å². The summed E-state index contributed by atoms with van der Waals surface area (Å²) in [6, 6.07) is 17.2. The summed E-state index contributed by atoms with van der Waals surface area (Å²) in [6.07, 6.45) is 0. The number of rotatable bonds is 1. The van der Waals surface area contributed by atoms with Gasteiger partial charge in [-0.15, -0.1) is 4.52 Å². The van der Waals surface area contributed by atoms with Gasteiger partial charge in [0, 0.05) is 16.0 Å². The van der Waals surface area contributed by atoms with E-state index in [1.54, 1.807) is 12.1 Å². The van der Waals surface area contributed by atoms with Gasteiger partial charge < -0.3 is 0 Å². The van der Waals surface area contributed by atoms with E-state index in [2.05, 4.69) is 5.21 Å². The molecule has 0 bridgehead atoms. The number of hydrogen-bond acceptors (Lipinski definition) is 1. The zero-order chi connectivity index (χ0) is 15.3. The van der Waals surface area contributed by atoms with Crippen molar-refractivity contribution in [3.05, 3.63) is 75.5 Å². The molecule has 0 atom stereocenters. The van der Waals surface area contributed by atoms with Crippen LogP contribution in [0, 0.1) is 6.92 Å². The van der Waals surface area contributed by atoms with Crippen molar-refractivity contribution in [2.75, 3.05) is 0 Å². The maximum atomic E-state index is 12.8. The number of H-pyrrole nitrogens is 1. The van der Waals surface area contributed by atoms with Gasteiger partial charge in [-0.25, -0.2) is 4.79 Å². The molecular weight excluding hydrogens is 298 g/mol. The molecule has 22 heavy (non-hydrogen) atoms. The van der Waals surface area contributed by atoms with Crippen LogP contribution in [-0.4, -0.2) is 9.90 Å². The lowest BCUT2D eigenvalue weighted by molar-refractivity contribution is -0.555. The highest BCUT2D eigenvalue weighted by Gasteiger charge is 2.21. The summed E-state index contributed by atoms with van der Waals surface area (Å²) < 4.78 is 3.37. The van der Waals surface area contributed by atoms with E-state index in [0.29, 0.717) is 10.5 Å². The number of nitrogens with one attached hydrogen (secondary N) is 1. The average Bonchev–Trinajstić information content (AvgIpc) is 2.87. The molecule has 0 spiro atoms. The Bertz CT molecular complexity index is 1060. The minimum absolute atomic E-state index is 0.0782. The van der Waals surface area contributed by atoms with Crippen LogP contribution in [0.4, 0.5) is 0 Å². The molecule has 2 aromatic heterocycles. The highest BCUT2D eigenvalue weighted by Crippen LogP contribution is 2.15. The van der Waals surface area contributed by atoms with Gasteiger partial charge in [-0.2, -0.15) is 0 Å². The number of halogens is 1. The first-order valence-electron chi connectivity index (χ1n) is 6.96. The van der Waals surface area contributed by atoms with Crippen LogP contribution in [0.1, 0.15) is 5.56 Å². The molecule has 0 saturated carbocycles. The Morgan fingerprint density at radius 3 is 2.59 bits per heavy atom. The fourth-order valence-corrected chi connectivity index (χ4v) is 2.92.